The minimum atomic E-state index is -0.264. The third-order valence-electron chi connectivity index (χ3n) is 4.80. The van der Waals surface area contributed by atoms with Crippen molar-refractivity contribution >= 4 is 5.91 Å². The quantitative estimate of drug-likeness (QED) is 0.810. The highest BCUT2D eigenvalue weighted by Crippen LogP contribution is 2.38. The zero-order chi connectivity index (χ0) is 17.8. The zero-order valence-electron chi connectivity index (χ0n) is 14.4. The number of halogens is 1. The standard InChI is InChI=1S/C19H24FN3O2/c1-23-12-15(11-21-23)19(14-9-17(24)10-14)22-18(25)4-2-3-13-5-7-16(20)8-6-13/h5-8,11-12,14,17,19,24H,2-4,9-10H2,1H3,(H,22,25)/t14?,17?,19-/m0/s1. The van der Waals surface area contributed by atoms with E-state index in [0.717, 1.165) is 17.5 Å². The predicted octanol–water partition coefficient (Wildman–Crippen LogP) is 2.51. The molecule has 0 spiro atoms. The molecular weight excluding hydrogens is 321 g/mol. The maximum Gasteiger partial charge on any atom is 0.220 e. The summed E-state index contributed by atoms with van der Waals surface area (Å²) in [4.78, 5) is 12.3. The zero-order valence-corrected chi connectivity index (χ0v) is 14.4. The van der Waals surface area contributed by atoms with Gasteiger partial charge in [0.2, 0.25) is 5.91 Å². The second kappa shape index (κ2) is 7.78. The summed E-state index contributed by atoms with van der Waals surface area (Å²) in [7, 11) is 1.85. The van der Waals surface area contributed by atoms with E-state index < -0.39 is 0 Å². The maximum absolute atomic E-state index is 12.9. The fourth-order valence-electron chi connectivity index (χ4n) is 3.33. The first-order valence-corrected chi connectivity index (χ1v) is 8.71. The van der Waals surface area contributed by atoms with E-state index in [9.17, 15) is 14.3 Å². The van der Waals surface area contributed by atoms with E-state index in [-0.39, 0.29) is 29.8 Å². The van der Waals surface area contributed by atoms with E-state index in [1.807, 2.05) is 13.2 Å². The molecule has 134 valence electrons. The number of amides is 1. The van der Waals surface area contributed by atoms with Gasteiger partial charge in [-0.1, -0.05) is 12.1 Å². The largest absolute Gasteiger partial charge is 0.393 e. The molecule has 1 atom stereocenters. The number of nitrogens with zero attached hydrogens (tertiary/aromatic N) is 2. The van der Waals surface area contributed by atoms with Crippen LogP contribution < -0.4 is 5.32 Å². The number of carbonyl (C=O) groups excluding carboxylic acids is 1. The number of hydrogen-bond acceptors (Lipinski definition) is 3. The van der Waals surface area contributed by atoms with Crippen LogP contribution in [0.1, 0.15) is 42.9 Å². The number of aryl methyl sites for hydroxylation is 2. The average Bonchev–Trinajstić information content (AvgIpc) is 2.98. The van der Waals surface area contributed by atoms with E-state index in [1.54, 1.807) is 23.0 Å². The molecular formula is C19H24FN3O2. The molecule has 5 nitrogen and oxygen atoms in total. The predicted molar refractivity (Wildman–Crippen MR) is 92.2 cm³/mol. The summed E-state index contributed by atoms with van der Waals surface area (Å²) in [5, 5.41) is 16.9. The molecule has 1 fully saturated rings. The third-order valence-corrected chi connectivity index (χ3v) is 4.80. The molecule has 0 unspecified atom stereocenters. The molecule has 1 amide bonds. The molecule has 0 saturated heterocycles. The van der Waals surface area contributed by atoms with Crippen molar-refractivity contribution in [2.75, 3.05) is 0 Å². The van der Waals surface area contributed by atoms with Crippen LogP contribution in [-0.2, 0) is 18.3 Å². The number of aliphatic hydroxyl groups is 1. The number of nitrogens with one attached hydrogen (secondary N) is 1. The molecule has 0 bridgehead atoms. The Morgan fingerprint density at radius 2 is 2.12 bits per heavy atom. The Bertz CT molecular complexity index is 708. The molecule has 1 aliphatic rings. The Morgan fingerprint density at radius 1 is 1.40 bits per heavy atom. The lowest BCUT2D eigenvalue weighted by Crippen LogP contribution is -2.41. The molecule has 2 aromatic rings. The fraction of sp³-hybridized carbons (Fsp3) is 0.474. The van der Waals surface area contributed by atoms with E-state index in [0.29, 0.717) is 25.7 Å². The number of aromatic nitrogens is 2. The Kier molecular flexibility index (Phi) is 5.48. The van der Waals surface area contributed by atoms with E-state index in [4.69, 9.17) is 0 Å². The lowest BCUT2D eigenvalue weighted by Gasteiger charge is -2.37. The van der Waals surface area contributed by atoms with Gasteiger partial charge >= 0.3 is 0 Å². The van der Waals surface area contributed by atoms with Crippen molar-refractivity contribution in [3.63, 3.8) is 0 Å². The Hall–Kier alpha value is -2.21. The van der Waals surface area contributed by atoms with Crippen molar-refractivity contribution in [2.24, 2.45) is 13.0 Å². The van der Waals surface area contributed by atoms with Gasteiger partial charge in [-0.2, -0.15) is 5.10 Å². The molecule has 1 saturated carbocycles. The van der Waals surface area contributed by atoms with Gasteiger partial charge in [-0.05, 0) is 49.3 Å². The van der Waals surface area contributed by atoms with Crippen LogP contribution in [0.25, 0.3) is 0 Å². The van der Waals surface area contributed by atoms with Crippen LogP contribution in [0.3, 0.4) is 0 Å². The van der Waals surface area contributed by atoms with Crippen LogP contribution in [0, 0.1) is 11.7 Å². The van der Waals surface area contributed by atoms with Crippen molar-refractivity contribution in [1.82, 2.24) is 15.1 Å². The minimum Gasteiger partial charge on any atom is -0.393 e. The van der Waals surface area contributed by atoms with E-state index in [1.165, 1.54) is 12.1 Å². The number of benzene rings is 1. The summed E-state index contributed by atoms with van der Waals surface area (Å²) in [6, 6.07) is 6.28. The van der Waals surface area contributed by atoms with Gasteiger partial charge in [0.15, 0.2) is 0 Å². The van der Waals surface area contributed by atoms with Gasteiger partial charge in [-0.25, -0.2) is 4.39 Å². The summed E-state index contributed by atoms with van der Waals surface area (Å²) < 4.78 is 14.6. The van der Waals surface area contributed by atoms with Crippen LogP contribution in [-0.4, -0.2) is 26.9 Å². The van der Waals surface area contributed by atoms with Crippen LogP contribution >= 0.6 is 0 Å². The van der Waals surface area contributed by atoms with Crippen LogP contribution in [0.2, 0.25) is 0 Å². The van der Waals surface area contributed by atoms with Gasteiger partial charge in [-0.3, -0.25) is 9.48 Å². The molecule has 1 aromatic carbocycles. The second-order valence-corrected chi connectivity index (χ2v) is 6.86. The SMILES string of the molecule is Cn1cc([C@@H](NC(=O)CCCc2ccc(F)cc2)C2CC(O)C2)cn1. The van der Waals surface area contributed by atoms with Crippen LogP contribution in [0.5, 0.6) is 0 Å². The Balaban J connectivity index is 1.52. The number of rotatable bonds is 7. The first kappa shape index (κ1) is 17.6. The summed E-state index contributed by atoms with van der Waals surface area (Å²) in [5.74, 6) is 0.00101. The van der Waals surface area contributed by atoms with Crippen molar-refractivity contribution in [3.8, 4) is 0 Å². The summed E-state index contributed by atoms with van der Waals surface area (Å²) in [6.45, 7) is 0. The average molecular weight is 345 g/mol. The minimum absolute atomic E-state index is 0.00245. The summed E-state index contributed by atoms with van der Waals surface area (Å²) >= 11 is 0. The summed E-state index contributed by atoms with van der Waals surface area (Å²) in [5.41, 5.74) is 2.01. The summed E-state index contributed by atoms with van der Waals surface area (Å²) in [6.07, 6.45) is 6.70. The molecule has 1 aromatic heterocycles. The van der Waals surface area contributed by atoms with Gasteiger partial charge < -0.3 is 10.4 Å². The van der Waals surface area contributed by atoms with E-state index in [2.05, 4.69) is 10.4 Å². The Morgan fingerprint density at radius 3 is 2.72 bits per heavy atom. The number of hydrogen-bond donors (Lipinski definition) is 2. The van der Waals surface area contributed by atoms with Crippen molar-refractivity contribution in [1.29, 1.82) is 0 Å². The molecule has 6 heteroatoms. The van der Waals surface area contributed by atoms with E-state index >= 15 is 0 Å². The lowest BCUT2D eigenvalue weighted by atomic mass is 9.75. The normalized spacial score (nSPS) is 20.8. The number of aliphatic hydroxyl groups excluding tert-OH is 1. The van der Waals surface area contributed by atoms with Crippen molar-refractivity contribution in [2.45, 2.75) is 44.2 Å². The van der Waals surface area contributed by atoms with Gasteiger partial charge in [0.25, 0.3) is 0 Å². The molecule has 1 heterocycles. The highest BCUT2D eigenvalue weighted by molar-refractivity contribution is 5.76. The molecule has 3 rings (SSSR count). The van der Waals surface area contributed by atoms with Crippen LogP contribution in [0.4, 0.5) is 4.39 Å². The van der Waals surface area contributed by atoms with Gasteiger partial charge in [0, 0.05) is 25.2 Å². The third kappa shape index (κ3) is 4.66. The lowest BCUT2D eigenvalue weighted by molar-refractivity contribution is -0.123. The van der Waals surface area contributed by atoms with Crippen molar-refractivity contribution < 1.29 is 14.3 Å². The Labute approximate surface area is 146 Å². The first-order valence-electron chi connectivity index (χ1n) is 8.71. The molecule has 0 aliphatic heterocycles. The maximum atomic E-state index is 12.9. The van der Waals surface area contributed by atoms with Gasteiger partial charge in [-0.15, -0.1) is 0 Å². The monoisotopic (exact) mass is 345 g/mol. The van der Waals surface area contributed by atoms with Crippen LogP contribution in [0.15, 0.2) is 36.7 Å². The first-order chi connectivity index (χ1) is 12.0. The topological polar surface area (TPSA) is 67.2 Å². The number of carbonyl (C=O) groups is 1. The molecule has 1 aliphatic carbocycles. The van der Waals surface area contributed by atoms with Gasteiger partial charge in [0.1, 0.15) is 5.82 Å². The second-order valence-electron chi connectivity index (χ2n) is 6.86. The fourth-order valence-corrected chi connectivity index (χ4v) is 3.33. The van der Waals surface area contributed by atoms with Crippen molar-refractivity contribution in [3.05, 3.63) is 53.6 Å². The highest BCUT2D eigenvalue weighted by atomic mass is 19.1. The highest BCUT2D eigenvalue weighted by Gasteiger charge is 2.36. The molecule has 25 heavy (non-hydrogen) atoms. The smallest absolute Gasteiger partial charge is 0.220 e. The molecule has 0 radical (unpaired) electrons. The van der Waals surface area contributed by atoms with Gasteiger partial charge in [0.05, 0.1) is 18.3 Å². The molecule has 2 N–H and O–H groups in total.